The maximum absolute atomic E-state index is 10.5. The van der Waals surface area contributed by atoms with Crippen LogP contribution in [0, 0.1) is 0 Å². The van der Waals surface area contributed by atoms with Crippen LogP contribution in [0.15, 0.2) is 27.6 Å². The predicted octanol–water partition coefficient (Wildman–Crippen LogP) is 4.21. The van der Waals surface area contributed by atoms with Crippen LogP contribution in [0.2, 0.25) is 0 Å². The Kier molecular flexibility index (Phi) is 2.92. The molecule has 0 radical (unpaired) electrons. The lowest BCUT2D eigenvalue weighted by Gasteiger charge is -2.47. The van der Waals surface area contributed by atoms with Gasteiger partial charge in [-0.05, 0) is 32.9 Å². The zero-order valence-corrected chi connectivity index (χ0v) is 12.7. The van der Waals surface area contributed by atoms with Crippen LogP contribution in [0.4, 0.5) is 0 Å². The van der Waals surface area contributed by atoms with Crippen molar-refractivity contribution in [2.75, 3.05) is 7.11 Å². The summed E-state index contributed by atoms with van der Waals surface area (Å²) in [6, 6.07) is 5.57. The highest BCUT2D eigenvalue weighted by Crippen LogP contribution is 2.72. The van der Waals surface area contributed by atoms with Crippen molar-refractivity contribution in [2.24, 2.45) is 0 Å². The zero-order valence-electron chi connectivity index (χ0n) is 10.3. The summed E-state index contributed by atoms with van der Waals surface area (Å²) >= 11 is 3.36. The first-order valence-corrected chi connectivity index (χ1v) is 7.65. The lowest BCUT2D eigenvalue weighted by molar-refractivity contribution is -0.0244. The molecule has 1 atom stereocenters. The molecule has 96 valence electrons. The summed E-state index contributed by atoms with van der Waals surface area (Å²) in [7, 11) is -1.28. The van der Waals surface area contributed by atoms with Crippen LogP contribution in [0.25, 0.3) is 0 Å². The third-order valence-corrected chi connectivity index (χ3v) is 7.29. The van der Waals surface area contributed by atoms with Gasteiger partial charge in [-0.25, -0.2) is 0 Å². The lowest BCUT2D eigenvalue weighted by atomic mass is 9.85. The fourth-order valence-electron chi connectivity index (χ4n) is 2.35. The van der Waals surface area contributed by atoms with Gasteiger partial charge in [-0.1, -0.05) is 22.0 Å². The number of hydrogen-bond acceptors (Lipinski definition) is 3. The zero-order chi connectivity index (χ0) is 13.1. The van der Waals surface area contributed by atoms with Gasteiger partial charge in [-0.15, -0.1) is 0 Å². The molecule has 0 saturated heterocycles. The van der Waals surface area contributed by atoms with E-state index >= 15 is 0 Å². The maximum atomic E-state index is 10.5. The van der Waals surface area contributed by atoms with Gasteiger partial charge in [0, 0.05) is 17.1 Å². The smallest absolute Gasteiger partial charge is 0.114 e. The fraction of sp³-hybridized carbons (Fsp3) is 0.500. The molecule has 17 heavy (non-hydrogen) atoms. The summed E-state index contributed by atoms with van der Waals surface area (Å²) in [6.45, 7) is 5.57. The van der Waals surface area contributed by atoms with Gasteiger partial charge in [0.25, 0.3) is 0 Å². The number of methoxy groups -OCH3 is 1. The van der Waals surface area contributed by atoms with Crippen LogP contribution in [0.5, 0.6) is 0 Å². The Bertz CT molecular complexity index is 473. The molecule has 1 aliphatic rings. The van der Waals surface area contributed by atoms with E-state index in [-0.39, 0.29) is 0 Å². The second kappa shape index (κ2) is 3.71. The SMILES string of the molecule is COC1(C)c2ccc(Br)cc2S(O)(O)C1(C)C. The fourth-order valence-corrected chi connectivity index (χ4v) is 5.01. The van der Waals surface area contributed by atoms with Crippen LogP contribution in [-0.4, -0.2) is 21.0 Å². The average molecular weight is 321 g/mol. The van der Waals surface area contributed by atoms with Crippen molar-refractivity contribution in [3.8, 4) is 0 Å². The number of fused-ring (bicyclic) bond motifs is 1. The molecule has 2 rings (SSSR count). The first-order chi connectivity index (χ1) is 7.68. The highest BCUT2D eigenvalue weighted by atomic mass is 79.9. The molecule has 1 aromatic carbocycles. The van der Waals surface area contributed by atoms with Gasteiger partial charge in [-0.3, -0.25) is 9.11 Å². The molecule has 0 spiro atoms. The molecule has 5 heteroatoms. The van der Waals surface area contributed by atoms with Crippen LogP contribution in [-0.2, 0) is 10.3 Å². The molecule has 0 amide bonds. The van der Waals surface area contributed by atoms with Crippen LogP contribution < -0.4 is 0 Å². The molecular formula is C12H17BrO3S. The van der Waals surface area contributed by atoms with E-state index < -0.39 is 20.9 Å². The highest BCUT2D eigenvalue weighted by molar-refractivity contribution is 9.10. The first-order valence-electron chi connectivity index (χ1n) is 5.31. The summed E-state index contributed by atoms with van der Waals surface area (Å²) < 4.78 is 26.7. The van der Waals surface area contributed by atoms with Crippen molar-refractivity contribution in [3.63, 3.8) is 0 Å². The number of rotatable bonds is 1. The Hall–Kier alpha value is -0.0700. The summed E-state index contributed by atoms with van der Waals surface area (Å²) in [5.74, 6) is 0. The molecule has 1 aliphatic heterocycles. The standard InChI is InChI=1S/C12H17BrO3S/c1-11(2)12(3,16-4)9-6-5-8(13)7-10(9)17(11,14)15/h5-7,14-15H,1-4H3. The summed E-state index contributed by atoms with van der Waals surface area (Å²) in [5.41, 5.74) is 0.162. The molecule has 0 aromatic heterocycles. The first kappa shape index (κ1) is 13.4. The van der Waals surface area contributed by atoms with E-state index in [2.05, 4.69) is 15.9 Å². The van der Waals surface area contributed by atoms with Gasteiger partial charge >= 0.3 is 0 Å². The Morgan fingerprint density at radius 3 is 2.35 bits per heavy atom. The molecule has 1 heterocycles. The minimum Gasteiger partial charge on any atom is -0.372 e. The van der Waals surface area contributed by atoms with Gasteiger partial charge in [0.2, 0.25) is 0 Å². The quantitative estimate of drug-likeness (QED) is 0.814. The topological polar surface area (TPSA) is 49.7 Å². The molecule has 1 aromatic rings. The van der Waals surface area contributed by atoms with Crippen molar-refractivity contribution >= 4 is 26.5 Å². The lowest BCUT2D eigenvalue weighted by Crippen LogP contribution is -2.44. The maximum Gasteiger partial charge on any atom is 0.114 e. The van der Waals surface area contributed by atoms with E-state index in [1.54, 1.807) is 13.2 Å². The van der Waals surface area contributed by atoms with Crippen molar-refractivity contribution in [3.05, 3.63) is 28.2 Å². The van der Waals surface area contributed by atoms with Crippen LogP contribution >= 0.6 is 26.5 Å². The molecule has 2 N–H and O–H groups in total. The number of benzene rings is 1. The average Bonchev–Trinajstić information content (AvgIpc) is 2.37. The molecule has 3 nitrogen and oxygen atoms in total. The van der Waals surface area contributed by atoms with Gasteiger partial charge in [0.15, 0.2) is 0 Å². The number of ether oxygens (including phenoxy) is 1. The van der Waals surface area contributed by atoms with Crippen molar-refractivity contribution in [2.45, 2.75) is 36.0 Å². The second-order valence-electron chi connectivity index (χ2n) is 4.94. The van der Waals surface area contributed by atoms with Crippen molar-refractivity contribution < 1.29 is 13.8 Å². The summed E-state index contributed by atoms with van der Waals surface area (Å²) in [4.78, 5) is 0.584. The van der Waals surface area contributed by atoms with Gasteiger partial charge in [0.05, 0.1) is 9.64 Å². The molecule has 0 aliphatic carbocycles. The third kappa shape index (κ3) is 1.47. The number of hydrogen-bond donors (Lipinski definition) is 2. The van der Waals surface area contributed by atoms with Crippen molar-refractivity contribution in [1.29, 1.82) is 0 Å². The Balaban J connectivity index is 2.79. The van der Waals surface area contributed by atoms with E-state index in [0.29, 0.717) is 4.90 Å². The van der Waals surface area contributed by atoms with E-state index in [4.69, 9.17) is 4.74 Å². The normalized spacial score (nSPS) is 31.0. The number of halogens is 1. The largest absolute Gasteiger partial charge is 0.372 e. The van der Waals surface area contributed by atoms with Gasteiger partial charge in [0.1, 0.15) is 5.60 Å². The van der Waals surface area contributed by atoms with E-state index in [0.717, 1.165) is 10.0 Å². The van der Waals surface area contributed by atoms with E-state index in [1.807, 2.05) is 32.9 Å². The Labute approximate surface area is 112 Å². The van der Waals surface area contributed by atoms with E-state index in [9.17, 15) is 9.11 Å². The minimum atomic E-state index is -2.88. The monoisotopic (exact) mass is 320 g/mol. The molecular weight excluding hydrogens is 304 g/mol. The minimum absolute atomic E-state index is 0.584. The van der Waals surface area contributed by atoms with Crippen LogP contribution in [0.3, 0.4) is 0 Å². The Morgan fingerprint density at radius 1 is 1.24 bits per heavy atom. The molecule has 0 fully saturated rings. The molecule has 0 saturated carbocycles. The van der Waals surface area contributed by atoms with Crippen LogP contribution in [0.1, 0.15) is 26.3 Å². The molecule has 1 unspecified atom stereocenters. The predicted molar refractivity (Wildman–Crippen MR) is 73.7 cm³/mol. The van der Waals surface area contributed by atoms with E-state index in [1.165, 1.54) is 0 Å². The van der Waals surface area contributed by atoms with Gasteiger partial charge < -0.3 is 4.74 Å². The van der Waals surface area contributed by atoms with Gasteiger partial charge in [-0.2, -0.15) is 10.6 Å². The second-order valence-corrected chi connectivity index (χ2v) is 8.41. The summed E-state index contributed by atoms with van der Waals surface area (Å²) in [5, 5.41) is 0. The highest BCUT2D eigenvalue weighted by Gasteiger charge is 2.59. The Morgan fingerprint density at radius 2 is 1.82 bits per heavy atom. The third-order valence-electron chi connectivity index (χ3n) is 4.03. The molecule has 0 bridgehead atoms. The summed E-state index contributed by atoms with van der Waals surface area (Å²) in [6.07, 6.45) is 0. The van der Waals surface area contributed by atoms with Crippen molar-refractivity contribution in [1.82, 2.24) is 0 Å².